The number of carbonyl (C=O) groups excluding carboxylic acids is 3. The molecule has 6 heterocycles. The van der Waals surface area contributed by atoms with E-state index < -0.39 is 23.2 Å². The third kappa shape index (κ3) is 13.6. The Hall–Kier alpha value is -6.26. The highest BCUT2D eigenvalue weighted by Crippen LogP contribution is 2.39. The highest BCUT2D eigenvalue weighted by molar-refractivity contribution is 8.00. The first-order valence-electron chi connectivity index (χ1n) is 22.5. The summed E-state index contributed by atoms with van der Waals surface area (Å²) in [5, 5.41) is 42.3. The van der Waals surface area contributed by atoms with Crippen molar-refractivity contribution in [2.75, 3.05) is 58.9 Å². The zero-order chi connectivity index (χ0) is 52.3. The average Bonchev–Trinajstić information content (AvgIpc) is 4.28. The van der Waals surface area contributed by atoms with Crippen molar-refractivity contribution >= 4 is 116 Å². The molecule has 0 aliphatic rings. The second kappa shape index (κ2) is 25.1. The number of hydrogen-bond acceptors (Lipinski definition) is 17. The smallest absolute Gasteiger partial charge is 0.383 e. The summed E-state index contributed by atoms with van der Waals surface area (Å²) in [4.78, 5) is 40.4. The number of halogens is 3. The van der Waals surface area contributed by atoms with Crippen LogP contribution in [0.5, 0.6) is 0 Å². The molecule has 386 valence electrons. The average molecular weight is 1150 g/mol. The van der Waals surface area contributed by atoms with Crippen LogP contribution in [0.2, 0.25) is 0 Å². The number of ether oxygens (including phenoxy) is 1. The molecule has 3 aromatic carbocycles. The van der Waals surface area contributed by atoms with Crippen LogP contribution in [0.25, 0.3) is 55.0 Å². The highest BCUT2D eigenvalue weighted by atomic mass is 32.2. The maximum atomic E-state index is 14.4. The molecule has 0 unspecified atom stereocenters. The van der Waals surface area contributed by atoms with Gasteiger partial charge >= 0.3 is 6.30 Å². The van der Waals surface area contributed by atoms with E-state index in [1.165, 1.54) is 34.9 Å². The first-order valence-corrected chi connectivity index (χ1v) is 29.6. The molecule has 0 saturated carbocycles. The van der Waals surface area contributed by atoms with Crippen molar-refractivity contribution < 1.29 is 32.3 Å². The highest BCUT2D eigenvalue weighted by Gasteiger charge is 2.38. The van der Waals surface area contributed by atoms with Gasteiger partial charge in [0.05, 0.1) is 30.4 Å². The van der Waals surface area contributed by atoms with E-state index in [2.05, 4.69) is 52.6 Å². The Kier molecular flexibility index (Phi) is 17.9. The fraction of sp³-hybridized carbons (Fsp3) is 0.204. The van der Waals surface area contributed by atoms with Gasteiger partial charge in [-0.2, -0.15) is 23.1 Å². The van der Waals surface area contributed by atoms with Gasteiger partial charge in [-0.25, -0.2) is 4.57 Å². The van der Waals surface area contributed by atoms with Crippen LogP contribution in [-0.4, -0.2) is 105 Å². The molecule has 16 nitrogen and oxygen atoms in total. The molecule has 0 aliphatic carbocycles. The van der Waals surface area contributed by atoms with Crippen LogP contribution in [0.4, 0.5) is 30.2 Å². The maximum Gasteiger partial charge on any atom is 0.492 e. The van der Waals surface area contributed by atoms with Crippen LogP contribution in [0.3, 0.4) is 0 Å². The number of anilines is 3. The topological polar surface area (TPSA) is 189 Å². The number of hydrogen-bond donors (Lipinski definition) is 3. The van der Waals surface area contributed by atoms with Gasteiger partial charge in [0.1, 0.15) is 0 Å². The number of methoxy groups -OCH3 is 1. The fourth-order valence-electron chi connectivity index (χ4n) is 7.31. The van der Waals surface area contributed by atoms with Crippen molar-refractivity contribution in [2.45, 2.75) is 34.9 Å². The number of carbonyl (C=O) groups is 3. The molecule has 3 amide bonds. The molecule has 6 aromatic heterocycles. The number of thioether (sulfide) groups is 4. The van der Waals surface area contributed by atoms with Gasteiger partial charge in [0.2, 0.25) is 17.7 Å². The van der Waals surface area contributed by atoms with Crippen molar-refractivity contribution in [3.8, 4) is 55.0 Å². The maximum absolute atomic E-state index is 14.4. The first-order chi connectivity index (χ1) is 36.4. The molecule has 9 rings (SSSR count). The van der Waals surface area contributed by atoms with E-state index in [1.807, 2.05) is 61.9 Å². The molecule has 26 heteroatoms. The van der Waals surface area contributed by atoms with Gasteiger partial charge in [-0.1, -0.05) is 77.8 Å². The second-order valence-corrected chi connectivity index (χ2v) is 22.4. The van der Waals surface area contributed by atoms with Gasteiger partial charge in [-0.05, 0) is 77.4 Å². The van der Waals surface area contributed by atoms with Gasteiger partial charge in [0, 0.05) is 79.1 Å². The Morgan fingerprint density at radius 1 is 0.573 bits per heavy atom. The van der Waals surface area contributed by atoms with E-state index in [4.69, 9.17) is 4.74 Å². The minimum absolute atomic E-state index is 0.0637. The number of nitrogens with one attached hydrogen (secondary N) is 3. The predicted octanol–water partition coefficient (Wildman–Crippen LogP) is 11.7. The number of alkyl halides is 3. The number of aromatic nitrogens is 9. The van der Waals surface area contributed by atoms with E-state index in [9.17, 15) is 27.6 Å². The molecule has 0 spiro atoms. The monoisotopic (exact) mass is 1140 g/mol. The van der Waals surface area contributed by atoms with E-state index >= 15 is 0 Å². The lowest BCUT2D eigenvalue weighted by molar-refractivity contribution is -0.208. The molecule has 75 heavy (non-hydrogen) atoms. The summed E-state index contributed by atoms with van der Waals surface area (Å²) in [7, 11) is 1.64. The van der Waals surface area contributed by atoms with Crippen LogP contribution >= 0.6 is 81.1 Å². The van der Waals surface area contributed by atoms with E-state index in [0.29, 0.717) is 69.5 Å². The minimum Gasteiger partial charge on any atom is -0.383 e. The number of thiophene rings is 3. The molecule has 0 radical (unpaired) electrons. The van der Waals surface area contributed by atoms with Crippen molar-refractivity contribution in [1.29, 1.82) is 0 Å². The van der Waals surface area contributed by atoms with Gasteiger partial charge < -0.3 is 25.3 Å². The summed E-state index contributed by atoms with van der Waals surface area (Å²) < 4.78 is 52.5. The minimum atomic E-state index is -4.84. The van der Waals surface area contributed by atoms with E-state index in [1.54, 1.807) is 108 Å². The third-order valence-corrected chi connectivity index (χ3v) is 16.9. The second-order valence-electron chi connectivity index (χ2n) is 16.0. The standard InChI is InChI=1S/C49H43F3N12O4S7/c1-68-19-17-62-43(32-16-20-70-24-32)56-59-46(62)73-27-40(65)54-36-12-8-30(9-13-36)38-22-33(25-71-38)44-57-60-47(63(44)18-21-69-2)74-28-41(66)55-37-14-10-31(11-15-37)39-23-34(26-72-39)45-58-61-48(64(45)49(50,51)52)75-29-42(67)53-35-6-4-3-5-7-35/h3-16,20,22-26H,17-19,21,27-29H2,1-2H3,(H,53,67)(H,54,65)(H,55,66). The first kappa shape index (κ1) is 53.6. The number of nitrogens with zero attached hydrogens (tertiary/aromatic N) is 9. The van der Waals surface area contributed by atoms with Crippen LogP contribution in [-0.2, 0) is 38.5 Å². The predicted molar refractivity (Wildman–Crippen MR) is 297 cm³/mol. The number of para-hydroxylation sites is 1. The quantitative estimate of drug-likeness (QED) is 0.0513. The number of amides is 3. The third-order valence-electron chi connectivity index (χ3n) is 10.8. The Labute approximate surface area is 456 Å². The summed E-state index contributed by atoms with van der Waals surface area (Å²) in [5.41, 5.74) is 5.51. The Balaban J connectivity index is 0.779. The Bertz CT molecular complexity index is 3360. The molecule has 0 saturated heterocycles. The Morgan fingerprint density at radius 2 is 1.05 bits per heavy atom. The van der Waals surface area contributed by atoms with Crippen LogP contribution in [0.15, 0.2) is 134 Å². The molecular weight excluding hydrogens is 1100 g/mol. The summed E-state index contributed by atoms with van der Waals surface area (Å²) in [5.74, 6) is 0.836. The van der Waals surface area contributed by atoms with Crippen LogP contribution in [0, 0.1) is 0 Å². The van der Waals surface area contributed by atoms with Crippen molar-refractivity contribution in [1.82, 2.24) is 44.3 Å². The van der Waals surface area contributed by atoms with Gasteiger partial charge in [0.15, 0.2) is 32.9 Å². The molecule has 9 aromatic rings. The number of benzene rings is 3. The summed E-state index contributed by atoms with van der Waals surface area (Å²) in [6.07, 6.45) is -2.82. The molecule has 0 atom stereocenters. The fourth-order valence-corrected chi connectivity index (χ4v) is 12.4. The summed E-state index contributed by atoms with van der Waals surface area (Å²) in [6, 6.07) is 28.9. The largest absolute Gasteiger partial charge is 0.492 e. The van der Waals surface area contributed by atoms with E-state index in [0.717, 1.165) is 38.7 Å². The van der Waals surface area contributed by atoms with Crippen molar-refractivity contribution in [2.24, 2.45) is 0 Å². The van der Waals surface area contributed by atoms with Crippen molar-refractivity contribution in [3.63, 3.8) is 0 Å². The molecule has 0 aliphatic heterocycles. The molecular formula is C49H43F3N12O4S7. The zero-order valence-corrected chi connectivity index (χ0v) is 45.4. The Morgan fingerprint density at radius 3 is 1.56 bits per heavy atom. The zero-order valence-electron chi connectivity index (χ0n) is 39.6. The van der Waals surface area contributed by atoms with Crippen LogP contribution < -0.4 is 16.0 Å². The summed E-state index contributed by atoms with van der Waals surface area (Å²) >= 11 is 9.30. The van der Waals surface area contributed by atoms with E-state index in [-0.39, 0.29) is 39.2 Å². The molecule has 3 N–H and O–H groups in total. The molecule has 0 bridgehead atoms. The normalized spacial score (nSPS) is 11.5. The lowest BCUT2D eigenvalue weighted by Gasteiger charge is -2.12. The SMILES string of the molecule is COCCn1c(SCC(=O)Nc2ccc(-c3cc(-c4nnc(SCC(=O)Nc5ccc(-c6cc(-c7nnc(SCC(=O)Nc8ccccc8)n7C(F)(F)F)cs6)cc5)n4CCSC)cs3)cc2)nnc1-c1ccsc1. The van der Waals surface area contributed by atoms with Crippen LogP contribution in [0.1, 0.15) is 0 Å². The van der Waals surface area contributed by atoms with Crippen molar-refractivity contribution in [3.05, 3.63) is 119 Å². The lowest BCUT2D eigenvalue weighted by Crippen LogP contribution is -2.20. The van der Waals surface area contributed by atoms with Gasteiger partial charge in [0.25, 0.3) is 0 Å². The lowest BCUT2D eigenvalue weighted by atomic mass is 10.1. The summed E-state index contributed by atoms with van der Waals surface area (Å²) in [6.45, 7) is 1.67. The number of rotatable bonds is 23. The van der Waals surface area contributed by atoms with Gasteiger partial charge in [-0.3, -0.25) is 19.0 Å². The van der Waals surface area contributed by atoms with Gasteiger partial charge in [-0.15, -0.1) is 66.4 Å². The molecule has 0 fully saturated rings.